The van der Waals surface area contributed by atoms with Crippen molar-refractivity contribution < 1.29 is 9.53 Å². The van der Waals surface area contributed by atoms with Gasteiger partial charge in [-0.05, 0) is 51.8 Å². The molecule has 2 rings (SSSR count). The Labute approximate surface area is 132 Å². The van der Waals surface area contributed by atoms with E-state index in [-0.39, 0.29) is 6.03 Å². The first-order chi connectivity index (χ1) is 10.2. The Balaban J connectivity index is 1.91. The summed E-state index contributed by atoms with van der Waals surface area (Å²) in [4.78, 5) is 11.8. The van der Waals surface area contributed by atoms with Crippen LogP contribution in [0.2, 0.25) is 0 Å². The monoisotopic (exact) mass is 346 g/mol. The van der Waals surface area contributed by atoms with E-state index < -0.39 is 0 Å². The number of halogens is 1. The molecule has 0 spiro atoms. The van der Waals surface area contributed by atoms with E-state index >= 15 is 0 Å². The van der Waals surface area contributed by atoms with Crippen LogP contribution in [0.3, 0.4) is 0 Å². The van der Waals surface area contributed by atoms with Crippen LogP contribution in [0.5, 0.6) is 5.75 Å². The van der Waals surface area contributed by atoms with E-state index in [1.807, 2.05) is 48.5 Å². The second-order valence-corrected chi connectivity index (χ2v) is 5.04. The molecule has 0 aliphatic heterocycles. The first-order valence-electron chi connectivity index (χ1n) is 6.31. The van der Waals surface area contributed by atoms with Crippen molar-refractivity contribution in [1.82, 2.24) is 5.32 Å². The minimum Gasteiger partial charge on any atom is -0.497 e. The summed E-state index contributed by atoms with van der Waals surface area (Å²) < 4.78 is 5.97. The van der Waals surface area contributed by atoms with Gasteiger partial charge >= 0.3 is 6.03 Å². The predicted octanol–water partition coefficient (Wildman–Crippen LogP) is 4.25. The van der Waals surface area contributed by atoms with E-state index in [1.54, 1.807) is 19.4 Å². The van der Waals surface area contributed by atoms with Crippen LogP contribution in [0, 0.1) is 0 Å². The number of benzene rings is 2. The molecule has 108 valence electrons. The second-order valence-electron chi connectivity index (χ2n) is 4.19. The Hall–Kier alpha value is -2.27. The highest BCUT2D eigenvalue weighted by molar-refractivity contribution is 9.10. The Morgan fingerprint density at radius 1 is 1.19 bits per heavy atom. The molecule has 0 radical (unpaired) electrons. The van der Waals surface area contributed by atoms with Gasteiger partial charge in [0, 0.05) is 10.7 Å². The van der Waals surface area contributed by atoms with Crippen LogP contribution in [0.1, 0.15) is 5.56 Å². The number of ether oxygens (including phenoxy) is 1. The standard InChI is InChI=1S/C16H15BrN2O2/c1-21-13-6-4-5-12(11-13)9-10-18-16(20)19-15-8-3-2-7-14(15)17/h2-11H,1H3,(H2,18,19,20)/b10-9+. The molecule has 0 aliphatic carbocycles. The number of para-hydroxylation sites is 1. The largest absolute Gasteiger partial charge is 0.497 e. The van der Waals surface area contributed by atoms with Gasteiger partial charge in [-0.3, -0.25) is 0 Å². The van der Waals surface area contributed by atoms with E-state index in [0.29, 0.717) is 5.69 Å². The summed E-state index contributed by atoms with van der Waals surface area (Å²) in [6, 6.07) is 14.7. The number of amides is 2. The molecule has 0 heterocycles. The number of nitrogens with one attached hydrogen (secondary N) is 2. The number of methoxy groups -OCH3 is 1. The van der Waals surface area contributed by atoms with Crippen molar-refractivity contribution in [2.24, 2.45) is 0 Å². The first kappa shape index (κ1) is 15.1. The summed E-state index contributed by atoms with van der Waals surface area (Å²) in [5, 5.41) is 5.40. The van der Waals surface area contributed by atoms with Gasteiger partial charge in [0.15, 0.2) is 0 Å². The molecule has 2 amide bonds. The lowest BCUT2D eigenvalue weighted by atomic mass is 10.2. The summed E-state index contributed by atoms with van der Waals surface area (Å²) in [5.74, 6) is 0.773. The maximum absolute atomic E-state index is 11.8. The molecule has 5 heteroatoms. The molecule has 0 aromatic heterocycles. The summed E-state index contributed by atoms with van der Waals surface area (Å²) in [6.07, 6.45) is 3.38. The van der Waals surface area contributed by atoms with Crippen LogP contribution in [-0.4, -0.2) is 13.1 Å². The average molecular weight is 347 g/mol. The van der Waals surface area contributed by atoms with Gasteiger partial charge < -0.3 is 15.4 Å². The Morgan fingerprint density at radius 2 is 2.00 bits per heavy atom. The Morgan fingerprint density at radius 3 is 2.76 bits per heavy atom. The number of urea groups is 1. The van der Waals surface area contributed by atoms with Crippen molar-refractivity contribution in [1.29, 1.82) is 0 Å². The van der Waals surface area contributed by atoms with Gasteiger partial charge in [-0.15, -0.1) is 0 Å². The second kappa shape index (κ2) is 7.50. The van der Waals surface area contributed by atoms with Gasteiger partial charge in [-0.25, -0.2) is 4.79 Å². The van der Waals surface area contributed by atoms with Crippen molar-refractivity contribution in [3.8, 4) is 5.75 Å². The maximum atomic E-state index is 11.8. The number of hydrogen-bond acceptors (Lipinski definition) is 2. The zero-order valence-electron chi connectivity index (χ0n) is 11.5. The zero-order chi connectivity index (χ0) is 15.1. The number of carbonyl (C=O) groups is 1. The van der Waals surface area contributed by atoms with Crippen molar-refractivity contribution in [3.05, 3.63) is 64.8 Å². The van der Waals surface area contributed by atoms with Gasteiger partial charge in [-0.2, -0.15) is 0 Å². The maximum Gasteiger partial charge on any atom is 0.323 e. The smallest absolute Gasteiger partial charge is 0.323 e. The molecule has 2 N–H and O–H groups in total. The molecule has 0 atom stereocenters. The number of anilines is 1. The average Bonchev–Trinajstić information content (AvgIpc) is 2.50. The van der Waals surface area contributed by atoms with Crippen LogP contribution in [0.15, 0.2) is 59.2 Å². The molecular formula is C16H15BrN2O2. The molecule has 0 saturated carbocycles. The van der Waals surface area contributed by atoms with Crippen molar-refractivity contribution >= 4 is 33.7 Å². The van der Waals surface area contributed by atoms with Gasteiger partial charge in [0.25, 0.3) is 0 Å². The van der Waals surface area contributed by atoms with E-state index in [0.717, 1.165) is 15.8 Å². The summed E-state index contributed by atoms with van der Waals surface area (Å²) in [7, 11) is 1.62. The fourth-order valence-electron chi connectivity index (χ4n) is 1.68. The highest BCUT2D eigenvalue weighted by atomic mass is 79.9. The zero-order valence-corrected chi connectivity index (χ0v) is 13.1. The molecule has 4 nitrogen and oxygen atoms in total. The Kier molecular flexibility index (Phi) is 5.40. The lowest BCUT2D eigenvalue weighted by Gasteiger charge is -2.06. The molecule has 0 bridgehead atoms. The molecule has 0 unspecified atom stereocenters. The molecule has 2 aromatic rings. The minimum atomic E-state index is -0.305. The summed E-state index contributed by atoms with van der Waals surface area (Å²) >= 11 is 3.37. The van der Waals surface area contributed by atoms with Gasteiger partial charge in [0.05, 0.1) is 12.8 Å². The lowest BCUT2D eigenvalue weighted by molar-refractivity contribution is 0.255. The molecular weight excluding hydrogens is 332 g/mol. The van der Waals surface area contributed by atoms with Crippen LogP contribution >= 0.6 is 15.9 Å². The third-order valence-corrected chi connectivity index (χ3v) is 3.40. The van der Waals surface area contributed by atoms with Crippen LogP contribution in [0.4, 0.5) is 10.5 Å². The summed E-state index contributed by atoms with van der Waals surface area (Å²) in [5.41, 5.74) is 1.65. The van der Waals surface area contributed by atoms with Gasteiger partial charge in [0.1, 0.15) is 5.75 Å². The highest BCUT2D eigenvalue weighted by Crippen LogP contribution is 2.20. The fraction of sp³-hybridized carbons (Fsp3) is 0.0625. The van der Waals surface area contributed by atoms with Crippen molar-refractivity contribution in [2.75, 3.05) is 12.4 Å². The van der Waals surface area contributed by atoms with E-state index in [4.69, 9.17) is 4.74 Å². The molecule has 0 saturated heterocycles. The molecule has 0 aliphatic rings. The molecule has 2 aromatic carbocycles. The van der Waals surface area contributed by atoms with Gasteiger partial charge in [0.2, 0.25) is 0 Å². The van der Waals surface area contributed by atoms with Crippen molar-refractivity contribution in [2.45, 2.75) is 0 Å². The molecule has 0 fully saturated rings. The van der Waals surface area contributed by atoms with Crippen LogP contribution < -0.4 is 15.4 Å². The highest BCUT2D eigenvalue weighted by Gasteiger charge is 2.02. The summed E-state index contributed by atoms with van der Waals surface area (Å²) in [6.45, 7) is 0. The molecule has 21 heavy (non-hydrogen) atoms. The van der Waals surface area contributed by atoms with E-state index in [1.165, 1.54) is 0 Å². The normalized spacial score (nSPS) is 10.4. The quantitative estimate of drug-likeness (QED) is 0.869. The topological polar surface area (TPSA) is 50.4 Å². The number of hydrogen-bond donors (Lipinski definition) is 2. The third kappa shape index (κ3) is 4.65. The fourth-order valence-corrected chi connectivity index (χ4v) is 2.06. The number of rotatable bonds is 4. The number of carbonyl (C=O) groups excluding carboxylic acids is 1. The SMILES string of the molecule is COc1cccc(/C=C/NC(=O)Nc2ccccc2Br)c1. The van der Waals surface area contributed by atoms with Crippen molar-refractivity contribution in [3.63, 3.8) is 0 Å². The van der Waals surface area contributed by atoms with E-state index in [9.17, 15) is 4.79 Å². The van der Waals surface area contributed by atoms with Gasteiger partial charge in [-0.1, -0.05) is 24.3 Å². The Bertz CT molecular complexity index is 656. The predicted molar refractivity (Wildman–Crippen MR) is 88.3 cm³/mol. The lowest BCUT2D eigenvalue weighted by Crippen LogP contribution is -2.23. The van der Waals surface area contributed by atoms with Crippen LogP contribution in [-0.2, 0) is 0 Å². The van der Waals surface area contributed by atoms with Crippen LogP contribution in [0.25, 0.3) is 6.08 Å². The van der Waals surface area contributed by atoms with E-state index in [2.05, 4.69) is 26.6 Å². The minimum absolute atomic E-state index is 0.305. The third-order valence-electron chi connectivity index (χ3n) is 2.71. The first-order valence-corrected chi connectivity index (χ1v) is 7.11.